The van der Waals surface area contributed by atoms with Crippen LogP contribution in [0.4, 0.5) is 5.82 Å². The Bertz CT molecular complexity index is 496. The van der Waals surface area contributed by atoms with Crippen molar-refractivity contribution in [3.05, 3.63) is 36.2 Å². The van der Waals surface area contributed by atoms with Crippen molar-refractivity contribution in [2.24, 2.45) is 0 Å². The fourth-order valence-corrected chi connectivity index (χ4v) is 1.68. The standard InChI is InChI=1S/C13H16N4/c1-3-10-6-5-8-15-12(10)13-16-9-7-11(17-13)14-4-2/h5-9H,3-4H2,1-2H3,(H,14,16,17). The van der Waals surface area contributed by atoms with Crippen LogP contribution in [0.3, 0.4) is 0 Å². The van der Waals surface area contributed by atoms with Gasteiger partial charge in [-0.3, -0.25) is 4.98 Å². The lowest BCUT2D eigenvalue weighted by Crippen LogP contribution is -2.02. The first kappa shape index (κ1) is 11.5. The second-order valence-electron chi connectivity index (χ2n) is 3.66. The Hall–Kier alpha value is -1.97. The van der Waals surface area contributed by atoms with Crippen molar-refractivity contribution in [1.82, 2.24) is 15.0 Å². The largest absolute Gasteiger partial charge is 0.370 e. The molecule has 2 heterocycles. The minimum absolute atomic E-state index is 0.681. The van der Waals surface area contributed by atoms with Gasteiger partial charge in [-0.1, -0.05) is 13.0 Å². The predicted molar refractivity (Wildman–Crippen MR) is 68.8 cm³/mol. The van der Waals surface area contributed by atoms with Gasteiger partial charge in [-0.15, -0.1) is 0 Å². The number of pyridine rings is 1. The van der Waals surface area contributed by atoms with E-state index < -0.39 is 0 Å². The summed E-state index contributed by atoms with van der Waals surface area (Å²) < 4.78 is 0. The normalized spacial score (nSPS) is 10.2. The van der Waals surface area contributed by atoms with Crippen molar-refractivity contribution in [3.8, 4) is 11.5 Å². The molecule has 0 fully saturated rings. The lowest BCUT2D eigenvalue weighted by Gasteiger charge is -2.07. The van der Waals surface area contributed by atoms with Crippen molar-refractivity contribution >= 4 is 5.82 Å². The number of hydrogen-bond donors (Lipinski definition) is 1. The maximum Gasteiger partial charge on any atom is 0.180 e. The second-order valence-corrected chi connectivity index (χ2v) is 3.66. The summed E-state index contributed by atoms with van der Waals surface area (Å²) in [5, 5.41) is 3.18. The Morgan fingerprint density at radius 2 is 2.00 bits per heavy atom. The van der Waals surface area contributed by atoms with Gasteiger partial charge in [-0.2, -0.15) is 0 Å². The van der Waals surface area contributed by atoms with E-state index in [1.165, 1.54) is 5.56 Å². The summed E-state index contributed by atoms with van der Waals surface area (Å²) in [7, 11) is 0. The monoisotopic (exact) mass is 228 g/mol. The highest BCUT2D eigenvalue weighted by molar-refractivity contribution is 5.56. The molecule has 0 amide bonds. The molecule has 2 rings (SSSR count). The molecule has 0 atom stereocenters. The van der Waals surface area contributed by atoms with Gasteiger partial charge in [0.2, 0.25) is 0 Å². The van der Waals surface area contributed by atoms with E-state index in [-0.39, 0.29) is 0 Å². The molecule has 4 nitrogen and oxygen atoms in total. The van der Waals surface area contributed by atoms with Crippen LogP contribution in [-0.4, -0.2) is 21.5 Å². The Kier molecular flexibility index (Phi) is 3.65. The maximum absolute atomic E-state index is 4.46. The summed E-state index contributed by atoms with van der Waals surface area (Å²) in [6, 6.07) is 5.86. The minimum atomic E-state index is 0.681. The van der Waals surface area contributed by atoms with Gasteiger partial charge < -0.3 is 5.32 Å². The second kappa shape index (κ2) is 5.39. The smallest absolute Gasteiger partial charge is 0.180 e. The molecule has 17 heavy (non-hydrogen) atoms. The number of hydrogen-bond acceptors (Lipinski definition) is 4. The van der Waals surface area contributed by atoms with Gasteiger partial charge in [0.15, 0.2) is 5.82 Å². The highest BCUT2D eigenvalue weighted by Crippen LogP contribution is 2.18. The topological polar surface area (TPSA) is 50.7 Å². The van der Waals surface area contributed by atoms with Crippen LogP contribution in [-0.2, 0) is 6.42 Å². The summed E-state index contributed by atoms with van der Waals surface area (Å²) in [4.78, 5) is 13.1. The van der Waals surface area contributed by atoms with Gasteiger partial charge in [-0.25, -0.2) is 9.97 Å². The first-order chi connectivity index (χ1) is 8.35. The average molecular weight is 228 g/mol. The number of nitrogens with one attached hydrogen (secondary N) is 1. The van der Waals surface area contributed by atoms with Gasteiger partial charge in [0, 0.05) is 18.9 Å². The van der Waals surface area contributed by atoms with Crippen molar-refractivity contribution in [2.45, 2.75) is 20.3 Å². The van der Waals surface area contributed by atoms with Gasteiger partial charge in [0.05, 0.1) is 0 Å². The van der Waals surface area contributed by atoms with E-state index in [9.17, 15) is 0 Å². The Morgan fingerprint density at radius 1 is 1.12 bits per heavy atom. The quantitative estimate of drug-likeness (QED) is 0.873. The zero-order valence-corrected chi connectivity index (χ0v) is 10.1. The zero-order valence-electron chi connectivity index (χ0n) is 10.1. The SMILES string of the molecule is CCNc1ccnc(-c2ncccc2CC)n1. The summed E-state index contributed by atoms with van der Waals surface area (Å²) in [5.41, 5.74) is 2.04. The van der Waals surface area contributed by atoms with Crippen molar-refractivity contribution in [1.29, 1.82) is 0 Å². The van der Waals surface area contributed by atoms with Crippen molar-refractivity contribution in [2.75, 3.05) is 11.9 Å². The van der Waals surface area contributed by atoms with Crippen LogP contribution in [0.25, 0.3) is 11.5 Å². The van der Waals surface area contributed by atoms with E-state index >= 15 is 0 Å². The highest BCUT2D eigenvalue weighted by atomic mass is 15.0. The average Bonchev–Trinajstić information content (AvgIpc) is 2.39. The molecule has 4 heteroatoms. The lowest BCUT2D eigenvalue weighted by atomic mass is 10.1. The molecule has 2 aromatic rings. The number of nitrogens with zero attached hydrogens (tertiary/aromatic N) is 3. The van der Waals surface area contributed by atoms with Crippen molar-refractivity contribution in [3.63, 3.8) is 0 Å². The van der Waals surface area contributed by atoms with E-state index in [1.807, 2.05) is 19.1 Å². The molecule has 0 aliphatic heterocycles. The molecule has 0 aromatic carbocycles. The first-order valence-electron chi connectivity index (χ1n) is 5.86. The van der Waals surface area contributed by atoms with Crippen LogP contribution in [0, 0.1) is 0 Å². The van der Waals surface area contributed by atoms with Crippen LogP contribution in [0.5, 0.6) is 0 Å². The third kappa shape index (κ3) is 2.58. The Morgan fingerprint density at radius 3 is 2.76 bits per heavy atom. The molecule has 0 saturated carbocycles. The molecule has 0 unspecified atom stereocenters. The van der Waals surface area contributed by atoms with Crippen LogP contribution < -0.4 is 5.32 Å². The summed E-state index contributed by atoms with van der Waals surface area (Å²) in [6.45, 7) is 4.99. The van der Waals surface area contributed by atoms with Gasteiger partial charge in [-0.05, 0) is 31.0 Å². The van der Waals surface area contributed by atoms with Crippen LogP contribution in [0.1, 0.15) is 19.4 Å². The van der Waals surface area contributed by atoms with E-state index in [1.54, 1.807) is 12.4 Å². The first-order valence-corrected chi connectivity index (χ1v) is 5.86. The molecule has 0 saturated heterocycles. The number of aromatic nitrogens is 3. The number of rotatable bonds is 4. The predicted octanol–water partition coefficient (Wildman–Crippen LogP) is 2.53. The van der Waals surface area contributed by atoms with Gasteiger partial charge in [0.25, 0.3) is 0 Å². The minimum Gasteiger partial charge on any atom is -0.370 e. The zero-order chi connectivity index (χ0) is 12.1. The number of aryl methyl sites for hydroxylation is 1. The van der Waals surface area contributed by atoms with E-state index in [0.717, 1.165) is 24.5 Å². The molecule has 2 aromatic heterocycles. The summed E-state index contributed by atoms with van der Waals surface area (Å²) >= 11 is 0. The van der Waals surface area contributed by atoms with E-state index in [4.69, 9.17) is 0 Å². The summed E-state index contributed by atoms with van der Waals surface area (Å²) in [6.07, 6.45) is 4.46. The molecular formula is C13H16N4. The van der Waals surface area contributed by atoms with Gasteiger partial charge in [0.1, 0.15) is 11.5 Å². The third-order valence-electron chi connectivity index (χ3n) is 2.50. The molecule has 88 valence electrons. The molecule has 0 spiro atoms. The van der Waals surface area contributed by atoms with Crippen molar-refractivity contribution < 1.29 is 0 Å². The molecule has 0 aliphatic carbocycles. The van der Waals surface area contributed by atoms with Crippen LogP contribution in [0.2, 0.25) is 0 Å². The molecular weight excluding hydrogens is 212 g/mol. The molecule has 1 N–H and O–H groups in total. The van der Waals surface area contributed by atoms with Crippen LogP contribution in [0.15, 0.2) is 30.6 Å². The highest BCUT2D eigenvalue weighted by Gasteiger charge is 2.07. The number of anilines is 1. The Labute approximate surface area is 101 Å². The molecule has 0 radical (unpaired) electrons. The fourth-order valence-electron chi connectivity index (χ4n) is 1.68. The molecule has 0 bridgehead atoms. The third-order valence-corrected chi connectivity index (χ3v) is 2.50. The maximum atomic E-state index is 4.46. The van der Waals surface area contributed by atoms with E-state index in [2.05, 4.69) is 33.3 Å². The molecule has 0 aliphatic rings. The fraction of sp³-hybridized carbons (Fsp3) is 0.308. The van der Waals surface area contributed by atoms with Gasteiger partial charge >= 0.3 is 0 Å². The Balaban J connectivity index is 2.41. The van der Waals surface area contributed by atoms with Crippen LogP contribution >= 0.6 is 0 Å². The lowest BCUT2D eigenvalue weighted by molar-refractivity contribution is 1.06. The summed E-state index contributed by atoms with van der Waals surface area (Å²) in [5.74, 6) is 1.52. The van der Waals surface area contributed by atoms with E-state index in [0.29, 0.717) is 5.82 Å².